The molecule has 2 aromatic rings. The minimum Gasteiger partial charge on any atom is -0.484 e. The third-order valence-electron chi connectivity index (χ3n) is 5.70. The van der Waals surface area contributed by atoms with E-state index in [1.807, 2.05) is 19.1 Å². The third kappa shape index (κ3) is 6.63. The molecule has 0 bridgehead atoms. The Balaban J connectivity index is 1.74. The van der Waals surface area contributed by atoms with Crippen molar-refractivity contribution in [1.29, 1.82) is 0 Å². The van der Waals surface area contributed by atoms with Crippen LogP contribution in [0.5, 0.6) is 5.75 Å². The predicted molar refractivity (Wildman–Crippen MR) is 131 cm³/mol. The molecule has 0 saturated heterocycles. The Bertz CT molecular complexity index is 980. The van der Waals surface area contributed by atoms with E-state index in [1.54, 1.807) is 31.2 Å². The van der Waals surface area contributed by atoms with Crippen molar-refractivity contribution >= 4 is 50.9 Å². The number of nitrogens with zero attached hydrogens (tertiary/aromatic N) is 1. The number of hydrogen-bond acceptors (Lipinski definition) is 3. The number of rotatable bonds is 8. The summed E-state index contributed by atoms with van der Waals surface area (Å²) in [6.07, 6.45) is 4.19. The Kier molecular flexibility index (Phi) is 8.86. The molecule has 172 valence electrons. The van der Waals surface area contributed by atoms with Crippen molar-refractivity contribution in [3.63, 3.8) is 0 Å². The normalized spacial score (nSPS) is 14.8. The average molecular weight is 542 g/mol. The van der Waals surface area contributed by atoms with E-state index < -0.39 is 6.04 Å². The van der Waals surface area contributed by atoms with Crippen LogP contribution >= 0.6 is 39.1 Å². The molecule has 1 aliphatic rings. The van der Waals surface area contributed by atoms with Gasteiger partial charge in [0.25, 0.3) is 5.91 Å². The summed E-state index contributed by atoms with van der Waals surface area (Å²) in [4.78, 5) is 27.6. The highest BCUT2D eigenvalue weighted by atomic mass is 79.9. The van der Waals surface area contributed by atoms with Gasteiger partial charge in [0.15, 0.2) is 6.61 Å². The van der Waals surface area contributed by atoms with E-state index in [-0.39, 0.29) is 31.0 Å². The summed E-state index contributed by atoms with van der Waals surface area (Å²) in [5.74, 6) is 0.145. The second-order valence-electron chi connectivity index (χ2n) is 8.14. The molecule has 0 aromatic heterocycles. The van der Waals surface area contributed by atoms with Crippen LogP contribution in [0.1, 0.15) is 43.7 Å². The largest absolute Gasteiger partial charge is 0.484 e. The second kappa shape index (κ2) is 11.4. The molecule has 3 rings (SSSR count). The van der Waals surface area contributed by atoms with Crippen LogP contribution < -0.4 is 10.1 Å². The van der Waals surface area contributed by atoms with Gasteiger partial charge in [-0.2, -0.15) is 0 Å². The van der Waals surface area contributed by atoms with Crippen LogP contribution in [0, 0.1) is 6.92 Å². The van der Waals surface area contributed by atoms with E-state index in [4.69, 9.17) is 27.9 Å². The van der Waals surface area contributed by atoms with Crippen molar-refractivity contribution in [1.82, 2.24) is 10.2 Å². The van der Waals surface area contributed by atoms with Gasteiger partial charge in [0.1, 0.15) is 11.8 Å². The van der Waals surface area contributed by atoms with Gasteiger partial charge in [-0.1, -0.05) is 58.0 Å². The molecule has 0 aliphatic heterocycles. The van der Waals surface area contributed by atoms with E-state index in [9.17, 15) is 9.59 Å². The van der Waals surface area contributed by atoms with Crippen molar-refractivity contribution in [2.75, 3.05) is 6.61 Å². The van der Waals surface area contributed by atoms with E-state index in [1.165, 1.54) is 4.90 Å². The molecule has 5 nitrogen and oxygen atoms in total. The Morgan fingerprint density at radius 3 is 2.53 bits per heavy atom. The van der Waals surface area contributed by atoms with Crippen molar-refractivity contribution in [2.45, 2.75) is 58.2 Å². The lowest BCUT2D eigenvalue weighted by molar-refractivity contribution is -0.142. The lowest BCUT2D eigenvalue weighted by Gasteiger charge is -2.29. The summed E-state index contributed by atoms with van der Waals surface area (Å²) in [5.41, 5.74) is 1.79. The number of carbonyl (C=O) groups is 2. The van der Waals surface area contributed by atoms with Gasteiger partial charge in [0.05, 0.1) is 10.0 Å². The Hall–Kier alpha value is -1.76. The van der Waals surface area contributed by atoms with Crippen LogP contribution in [0.25, 0.3) is 0 Å². The van der Waals surface area contributed by atoms with Crippen LogP contribution in [0.2, 0.25) is 10.0 Å². The number of carbonyl (C=O) groups excluding carboxylic acids is 2. The molecular formula is C24H27BrCl2N2O3. The molecule has 1 fully saturated rings. The molecular weight excluding hydrogens is 515 g/mol. The third-order valence-corrected chi connectivity index (χ3v) is 7.33. The quantitative estimate of drug-likeness (QED) is 0.451. The Morgan fingerprint density at radius 2 is 1.88 bits per heavy atom. The number of aryl methyl sites for hydroxylation is 1. The number of amides is 2. The summed E-state index contributed by atoms with van der Waals surface area (Å²) in [7, 11) is 0. The van der Waals surface area contributed by atoms with Crippen LogP contribution in [0.15, 0.2) is 40.9 Å². The SMILES string of the molecule is Cc1cc(OCC(=O)N(Cc2ccc(Cl)c(Cl)c2)[C@H](C)C(=O)NC2CCCC2)ccc1Br. The number of hydrogen-bond donors (Lipinski definition) is 1. The van der Waals surface area contributed by atoms with Crippen molar-refractivity contribution in [2.24, 2.45) is 0 Å². The van der Waals surface area contributed by atoms with Crippen LogP contribution in [-0.2, 0) is 16.1 Å². The topological polar surface area (TPSA) is 58.6 Å². The fraction of sp³-hybridized carbons (Fsp3) is 0.417. The standard InChI is InChI=1S/C24H27BrCl2N2O3/c1-15-11-19(8-9-20(15)25)32-14-23(30)29(13-17-7-10-21(26)22(27)12-17)16(2)24(31)28-18-5-3-4-6-18/h7-12,16,18H,3-6,13-14H2,1-2H3,(H,28,31)/t16-/m1/s1. The van der Waals surface area contributed by atoms with Crippen LogP contribution in [-0.4, -0.2) is 35.4 Å². The smallest absolute Gasteiger partial charge is 0.261 e. The zero-order chi connectivity index (χ0) is 23.3. The van der Waals surface area contributed by atoms with Crippen molar-refractivity contribution < 1.29 is 14.3 Å². The summed E-state index contributed by atoms with van der Waals surface area (Å²) in [5, 5.41) is 3.92. The van der Waals surface area contributed by atoms with Gasteiger partial charge >= 0.3 is 0 Å². The van der Waals surface area contributed by atoms with Crippen molar-refractivity contribution in [3.8, 4) is 5.75 Å². The molecule has 32 heavy (non-hydrogen) atoms. The molecule has 2 amide bonds. The van der Waals surface area contributed by atoms with Gasteiger partial charge in [0.2, 0.25) is 5.91 Å². The number of ether oxygens (including phenoxy) is 1. The number of halogens is 3. The molecule has 0 heterocycles. The van der Waals surface area contributed by atoms with E-state index in [0.29, 0.717) is 15.8 Å². The fourth-order valence-corrected chi connectivity index (χ4v) is 4.31. The van der Waals surface area contributed by atoms with Crippen LogP contribution in [0.4, 0.5) is 0 Å². The first-order valence-electron chi connectivity index (χ1n) is 10.7. The molecule has 8 heteroatoms. The van der Waals surface area contributed by atoms with Gasteiger partial charge in [-0.15, -0.1) is 0 Å². The molecule has 0 spiro atoms. The Labute approximate surface area is 207 Å². The van der Waals surface area contributed by atoms with Gasteiger partial charge in [-0.3, -0.25) is 9.59 Å². The molecule has 0 unspecified atom stereocenters. The molecule has 1 saturated carbocycles. The van der Waals surface area contributed by atoms with Gasteiger partial charge in [-0.05, 0) is 68.1 Å². The lowest BCUT2D eigenvalue weighted by atomic mass is 10.1. The van der Waals surface area contributed by atoms with Gasteiger partial charge < -0.3 is 15.0 Å². The highest BCUT2D eigenvalue weighted by Crippen LogP contribution is 2.25. The van der Waals surface area contributed by atoms with E-state index in [0.717, 1.165) is 41.3 Å². The second-order valence-corrected chi connectivity index (χ2v) is 9.80. The molecule has 1 atom stereocenters. The van der Waals surface area contributed by atoms with Crippen molar-refractivity contribution in [3.05, 3.63) is 62.0 Å². The van der Waals surface area contributed by atoms with Crippen LogP contribution in [0.3, 0.4) is 0 Å². The maximum Gasteiger partial charge on any atom is 0.261 e. The van der Waals surface area contributed by atoms with Gasteiger partial charge in [-0.25, -0.2) is 0 Å². The maximum atomic E-state index is 13.2. The highest BCUT2D eigenvalue weighted by molar-refractivity contribution is 9.10. The van der Waals surface area contributed by atoms with E-state index >= 15 is 0 Å². The summed E-state index contributed by atoms with van der Waals surface area (Å²) >= 11 is 15.6. The first-order chi connectivity index (χ1) is 15.2. The molecule has 1 aliphatic carbocycles. The average Bonchev–Trinajstić information content (AvgIpc) is 3.27. The van der Waals surface area contributed by atoms with E-state index in [2.05, 4.69) is 21.2 Å². The number of nitrogens with one attached hydrogen (secondary N) is 1. The zero-order valence-electron chi connectivity index (χ0n) is 18.2. The number of benzene rings is 2. The molecule has 1 N–H and O–H groups in total. The minimum atomic E-state index is -0.659. The summed E-state index contributed by atoms with van der Waals surface area (Å²) in [6, 6.07) is 10.2. The first-order valence-corrected chi connectivity index (χ1v) is 12.2. The molecule has 0 radical (unpaired) electrons. The first kappa shape index (κ1) is 24.9. The minimum absolute atomic E-state index is 0.162. The summed E-state index contributed by atoms with van der Waals surface area (Å²) in [6.45, 7) is 3.73. The molecule has 2 aromatic carbocycles. The van der Waals surface area contributed by atoms with Gasteiger partial charge in [0, 0.05) is 17.1 Å². The lowest BCUT2D eigenvalue weighted by Crippen LogP contribution is -2.50. The Morgan fingerprint density at radius 1 is 1.16 bits per heavy atom. The highest BCUT2D eigenvalue weighted by Gasteiger charge is 2.29. The zero-order valence-corrected chi connectivity index (χ0v) is 21.3. The maximum absolute atomic E-state index is 13.2. The monoisotopic (exact) mass is 540 g/mol. The summed E-state index contributed by atoms with van der Waals surface area (Å²) < 4.78 is 6.70. The fourth-order valence-electron chi connectivity index (χ4n) is 3.74. The predicted octanol–water partition coefficient (Wildman–Crippen LogP) is 5.92.